The van der Waals surface area contributed by atoms with Gasteiger partial charge in [0, 0.05) is 0 Å². The minimum absolute atomic E-state index is 0.0857. The summed E-state index contributed by atoms with van der Waals surface area (Å²) in [6.45, 7) is 2.92. The maximum Gasteiger partial charge on any atom is 0.351 e. The SMILES string of the molecule is CC(=O)c1c(O)c2c(=O)oc3ccc(C)cc3c2oc1=O. The number of ketones is 1. The highest BCUT2D eigenvalue weighted by Gasteiger charge is 2.22. The molecule has 3 rings (SSSR count). The van der Waals surface area contributed by atoms with Gasteiger partial charge in [0.05, 0.1) is 5.39 Å². The Bertz CT molecular complexity index is 1020. The molecule has 0 saturated carbocycles. The fourth-order valence-electron chi connectivity index (χ4n) is 2.27. The molecule has 2 heterocycles. The van der Waals surface area contributed by atoms with Gasteiger partial charge in [0.2, 0.25) is 0 Å². The molecule has 0 saturated heterocycles. The first kappa shape index (κ1) is 13.1. The quantitative estimate of drug-likeness (QED) is 0.418. The molecule has 0 amide bonds. The van der Waals surface area contributed by atoms with Crippen molar-refractivity contribution in [2.75, 3.05) is 0 Å². The first-order chi connectivity index (χ1) is 9.90. The monoisotopic (exact) mass is 286 g/mol. The fraction of sp³-hybridized carbons (Fsp3) is 0.133. The minimum Gasteiger partial charge on any atom is -0.506 e. The van der Waals surface area contributed by atoms with E-state index in [-0.39, 0.29) is 16.6 Å². The number of carbonyl (C=O) groups is 1. The van der Waals surface area contributed by atoms with Gasteiger partial charge < -0.3 is 13.9 Å². The van der Waals surface area contributed by atoms with E-state index in [9.17, 15) is 19.5 Å². The number of aromatic hydroxyl groups is 1. The van der Waals surface area contributed by atoms with Crippen molar-refractivity contribution in [1.82, 2.24) is 0 Å². The molecule has 6 nitrogen and oxygen atoms in total. The van der Waals surface area contributed by atoms with Crippen LogP contribution in [0.2, 0.25) is 0 Å². The smallest absolute Gasteiger partial charge is 0.351 e. The second-order valence-electron chi connectivity index (χ2n) is 4.76. The van der Waals surface area contributed by atoms with Gasteiger partial charge in [0.1, 0.15) is 16.5 Å². The number of hydrogen-bond donors (Lipinski definition) is 1. The molecule has 1 aromatic carbocycles. The van der Waals surface area contributed by atoms with Crippen LogP contribution >= 0.6 is 0 Å². The van der Waals surface area contributed by atoms with E-state index in [4.69, 9.17) is 8.83 Å². The predicted octanol–water partition coefficient (Wildman–Crippen LogP) is 2.12. The first-order valence-electron chi connectivity index (χ1n) is 6.14. The van der Waals surface area contributed by atoms with Crippen molar-refractivity contribution in [2.45, 2.75) is 13.8 Å². The molecule has 0 aliphatic heterocycles. The van der Waals surface area contributed by atoms with Crippen molar-refractivity contribution in [1.29, 1.82) is 0 Å². The number of rotatable bonds is 1. The van der Waals surface area contributed by atoms with Crippen molar-refractivity contribution in [2.24, 2.45) is 0 Å². The van der Waals surface area contributed by atoms with E-state index in [1.165, 1.54) is 0 Å². The molecule has 0 unspecified atom stereocenters. The van der Waals surface area contributed by atoms with Crippen LogP contribution in [0.25, 0.3) is 21.9 Å². The molecular formula is C15H10O6. The van der Waals surface area contributed by atoms with Gasteiger partial charge in [0.15, 0.2) is 17.1 Å². The van der Waals surface area contributed by atoms with E-state index in [1.807, 2.05) is 6.92 Å². The summed E-state index contributed by atoms with van der Waals surface area (Å²) in [4.78, 5) is 35.2. The summed E-state index contributed by atoms with van der Waals surface area (Å²) in [5.41, 5.74) is -1.41. The van der Waals surface area contributed by atoms with Crippen molar-refractivity contribution in [3.63, 3.8) is 0 Å². The lowest BCUT2D eigenvalue weighted by Crippen LogP contribution is -2.14. The molecule has 0 aliphatic carbocycles. The van der Waals surface area contributed by atoms with Gasteiger partial charge in [0.25, 0.3) is 0 Å². The topological polar surface area (TPSA) is 97.7 Å². The van der Waals surface area contributed by atoms with Gasteiger partial charge in [-0.2, -0.15) is 0 Å². The van der Waals surface area contributed by atoms with Crippen molar-refractivity contribution < 1.29 is 18.7 Å². The Morgan fingerprint density at radius 2 is 1.86 bits per heavy atom. The highest BCUT2D eigenvalue weighted by Crippen LogP contribution is 2.29. The molecular weight excluding hydrogens is 276 g/mol. The molecule has 0 spiro atoms. The number of carbonyl (C=O) groups excluding carboxylic acids is 1. The molecule has 2 aromatic heterocycles. The largest absolute Gasteiger partial charge is 0.506 e. The maximum absolute atomic E-state index is 12.0. The predicted molar refractivity (Wildman–Crippen MR) is 74.9 cm³/mol. The third-order valence-corrected chi connectivity index (χ3v) is 3.24. The van der Waals surface area contributed by atoms with E-state index in [0.717, 1.165) is 12.5 Å². The molecule has 1 N–H and O–H groups in total. The van der Waals surface area contributed by atoms with Gasteiger partial charge in [-0.25, -0.2) is 9.59 Å². The Labute approximate surface area is 117 Å². The van der Waals surface area contributed by atoms with Crippen LogP contribution in [0.4, 0.5) is 0 Å². The first-order valence-corrected chi connectivity index (χ1v) is 6.14. The summed E-state index contributed by atoms with van der Waals surface area (Å²) in [5, 5.41) is 10.1. The summed E-state index contributed by atoms with van der Waals surface area (Å²) < 4.78 is 10.2. The van der Waals surface area contributed by atoms with Gasteiger partial charge in [-0.15, -0.1) is 0 Å². The van der Waals surface area contributed by atoms with Crippen LogP contribution < -0.4 is 11.3 Å². The van der Waals surface area contributed by atoms with E-state index < -0.39 is 28.3 Å². The van der Waals surface area contributed by atoms with Gasteiger partial charge in [-0.1, -0.05) is 11.6 Å². The maximum atomic E-state index is 12.0. The molecule has 0 bridgehead atoms. The average molecular weight is 286 g/mol. The normalized spacial score (nSPS) is 11.1. The Balaban J connectivity index is 2.67. The minimum atomic E-state index is -0.985. The summed E-state index contributed by atoms with van der Waals surface area (Å²) in [6.07, 6.45) is 0. The van der Waals surface area contributed by atoms with Crippen LogP contribution in [0, 0.1) is 6.92 Å². The Morgan fingerprint density at radius 1 is 1.14 bits per heavy atom. The second-order valence-corrected chi connectivity index (χ2v) is 4.76. The summed E-state index contributed by atoms with van der Waals surface area (Å²) in [5.74, 6) is -1.39. The summed E-state index contributed by atoms with van der Waals surface area (Å²) in [6, 6.07) is 4.97. The Hall–Kier alpha value is -2.89. The second kappa shape index (κ2) is 4.31. The lowest BCUT2D eigenvalue weighted by molar-refractivity contribution is 0.101. The lowest BCUT2D eigenvalue weighted by atomic mass is 10.1. The molecule has 106 valence electrons. The number of aryl methyl sites for hydroxylation is 1. The third-order valence-electron chi connectivity index (χ3n) is 3.24. The molecule has 6 heteroatoms. The standard InChI is InChI=1S/C15H10O6/c1-6-3-4-9-8(5-6)13-11(15(19)20-9)12(17)10(7(2)16)14(18)21-13/h3-5,17H,1-2H3. The molecule has 0 atom stereocenters. The highest BCUT2D eigenvalue weighted by atomic mass is 16.4. The fourth-order valence-corrected chi connectivity index (χ4v) is 2.27. The number of Topliss-reactive ketones (excluding diaryl/α,β-unsaturated/α-hetero) is 1. The zero-order valence-corrected chi connectivity index (χ0v) is 11.2. The van der Waals surface area contributed by atoms with Crippen LogP contribution in [-0.2, 0) is 0 Å². The Morgan fingerprint density at radius 3 is 2.52 bits per heavy atom. The van der Waals surface area contributed by atoms with Crippen LogP contribution in [0.5, 0.6) is 5.75 Å². The van der Waals surface area contributed by atoms with Crippen LogP contribution in [0.3, 0.4) is 0 Å². The van der Waals surface area contributed by atoms with E-state index in [1.54, 1.807) is 18.2 Å². The number of benzene rings is 1. The van der Waals surface area contributed by atoms with Crippen LogP contribution in [-0.4, -0.2) is 10.9 Å². The van der Waals surface area contributed by atoms with Crippen LogP contribution in [0.1, 0.15) is 22.8 Å². The van der Waals surface area contributed by atoms with Crippen molar-refractivity contribution in [3.8, 4) is 5.75 Å². The zero-order chi connectivity index (χ0) is 15.3. The summed E-state index contributed by atoms with van der Waals surface area (Å²) in [7, 11) is 0. The summed E-state index contributed by atoms with van der Waals surface area (Å²) >= 11 is 0. The zero-order valence-electron chi connectivity index (χ0n) is 11.2. The van der Waals surface area contributed by atoms with Gasteiger partial charge in [-0.05, 0) is 26.0 Å². The van der Waals surface area contributed by atoms with Crippen molar-refractivity contribution in [3.05, 3.63) is 50.2 Å². The van der Waals surface area contributed by atoms with Gasteiger partial charge in [-0.3, -0.25) is 4.79 Å². The average Bonchev–Trinajstić information content (AvgIpc) is 2.38. The molecule has 0 radical (unpaired) electrons. The number of hydrogen-bond acceptors (Lipinski definition) is 6. The highest BCUT2D eigenvalue weighted by molar-refractivity contribution is 6.07. The molecule has 0 aliphatic rings. The number of fused-ring (bicyclic) bond motifs is 3. The molecule has 3 aromatic rings. The third kappa shape index (κ3) is 1.84. The molecule has 0 fully saturated rings. The molecule has 21 heavy (non-hydrogen) atoms. The van der Waals surface area contributed by atoms with E-state index in [2.05, 4.69) is 0 Å². The van der Waals surface area contributed by atoms with Crippen molar-refractivity contribution >= 4 is 27.7 Å². The van der Waals surface area contributed by atoms with E-state index >= 15 is 0 Å². The van der Waals surface area contributed by atoms with Crippen LogP contribution in [0.15, 0.2) is 36.6 Å². The van der Waals surface area contributed by atoms with Gasteiger partial charge >= 0.3 is 11.3 Å². The lowest BCUT2D eigenvalue weighted by Gasteiger charge is -2.05. The Kier molecular flexibility index (Phi) is 2.69. The van der Waals surface area contributed by atoms with E-state index in [0.29, 0.717) is 5.39 Å².